The molecule has 80 valence electrons. The molecule has 1 N–H and O–H groups in total. The lowest BCUT2D eigenvalue weighted by Crippen LogP contribution is -2.21. The second-order valence-electron chi connectivity index (χ2n) is 3.67. The van der Waals surface area contributed by atoms with Crippen molar-refractivity contribution in [3.63, 3.8) is 0 Å². The third-order valence-electron chi connectivity index (χ3n) is 2.56. The number of benzene rings is 1. The van der Waals surface area contributed by atoms with Crippen molar-refractivity contribution in [3.8, 4) is 5.75 Å². The topological polar surface area (TPSA) is 38.3 Å². The minimum Gasteiger partial charge on any atom is -0.493 e. The number of amides is 1. The van der Waals surface area contributed by atoms with Gasteiger partial charge >= 0.3 is 0 Å². The smallest absolute Gasteiger partial charge is 0.219 e. The highest BCUT2D eigenvalue weighted by Gasteiger charge is 2.11. The summed E-state index contributed by atoms with van der Waals surface area (Å²) >= 11 is 0. The second kappa shape index (κ2) is 4.34. The van der Waals surface area contributed by atoms with Crippen LogP contribution in [0, 0.1) is 0 Å². The van der Waals surface area contributed by atoms with Crippen LogP contribution in [0.15, 0.2) is 18.2 Å². The lowest BCUT2D eigenvalue weighted by molar-refractivity contribution is -0.120. The lowest BCUT2D eigenvalue weighted by Gasteiger charge is -2.05. The van der Waals surface area contributed by atoms with Crippen LogP contribution in [0.4, 0.5) is 0 Å². The van der Waals surface area contributed by atoms with E-state index in [0.717, 1.165) is 24.3 Å². The van der Waals surface area contributed by atoms with E-state index in [9.17, 15) is 4.79 Å². The Morgan fingerprint density at radius 1 is 1.53 bits per heavy atom. The van der Waals surface area contributed by atoms with Gasteiger partial charge in [0.1, 0.15) is 5.75 Å². The van der Waals surface area contributed by atoms with E-state index in [4.69, 9.17) is 4.74 Å². The van der Waals surface area contributed by atoms with Gasteiger partial charge in [0.25, 0.3) is 0 Å². The molecule has 0 spiro atoms. The van der Waals surface area contributed by atoms with Crippen LogP contribution in [0.1, 0.15) is 24.5 Å². The summed E-state index contributed by atoms with van der Waals surface area (Å²) < 4.78 is 5.41. The van der Waals surface area contributed by atoms with Crippen LogP contribution in [0.2, 0.25) is 0 Å². The molecule has 15 heavy (non-hydrogen) atoms. The molecule has 1 aliphatic heterocycles. The molecule has 1 heterocycles. The number of fused-ring (bicyclic) bond motifs is 1. The summed E-state index contributed by atoms with van der Waals surface area (Å²) in [4.78, 5) is 11.1. The monoisotopic (exact) mass is 205 g/mol. The van der Waals surface area contributed by atoms with Crippen molar-refractivity contribution < 1.29 is 9.53 Å². The lowest BCUT2D eigenvalue weighted by atomic mass is 10.1. The predicted octanol–water partition coefficient (Wildman–Crippen LogP) is 1.65. The van der Waals surface area contributed by atoms with Gasteiger partial charge in [0.2, 0.25) is 5.91 Å². The first-order chi connectivity index (χ1) is 7.29. The van der Waals surface area contributed by atoms with E-state index in [-0.39, 0.29) is 5.91 Å². The molecule has 0 aromatic heterocycles. The Balaban J connectivity index is 2.01. The zero-order valence-electron chi connectivity index (χ0n) is 8.88. The highest BCUT2D eigenvalue weighted by atomic mass is 16.5. The summed E-state index contributed by atoms with van der Waals surface area (Å²) in [5, 5.41) is 2.86. The first-order valence-corrected chi connectivity index (χ1v) is 5.31. The van der Waals surface area contributed by atoms with Crippen LogP contribution in [0.25, 0.3) is 0 Å². The maximum Gasteiger partial charge on any atom is 0.219 e. The van der Waals surface area contributed by atoms with Gasteiger partial charge in [0, 0.05) is 19.4 Å². The van der Waals surface area contributed by atoms with Crippen molar-refractivity contribution in [1.29, 1.82) is 0 Å². The number of carbonyl (C=O) groups is 1. The molecule has 0 aliphatic carbocycles. The van der Waals surface area contributed by atoms with Gasteiger partial charge in [-0.05, 0) is 17.2 Å². The Bertz CT molecular complexity index is 374. The Morgan fingerprint density at radius 3 is 3.20 bits per heavy atom. The van der Waals surface area contributed by atoms with E-state index in [1.165, 1.54) is 5.56 Å². The molecule has 2 rings (SSSR count). The second-order valence-corrected chi connectivity index (χ2v) is 3.67. The van der Waals surface area contributed by atoms with E-state index in [2.05, 4.69) is 11.4 Å². The van der Waals surface area contributed by atoms with E-state index in [1.54, 1.807) is 0 Å². The first-order valence-electron chi connectivity index (χ1n) is 5.31. The molecule has 0 saturated heterocycles. The highest BCUT2D eigenvalue weighted by Crippen LogP contribution is 2.25. The maximum absolute atomic E-state index is 11.1. The van der Waals surface area contributed by atoms with Gasteiger partial charge in [0.15, 0.2) is 0 Å². The number of rotatable bonds is 3. The number of carbonyl (C=O) groups excluding carboxylic acids is 1. The molecule has 1 aliphatic rings. The molecule has 1 aromatic rings. The Morgan fingerprint density at radius 2 is 2.40 bits per heavy atom. The van der Waals surface area contributed by atoms with Gasteiger partial charge < -0.3 is 10.1 Å². The van der Waals surface area contributed by atoms with Crippen LogP contribution in [0.3, 0.4) is 0 Å². The fraction of sp³-hybridized carbons (Fsp3) is 0.417. The van der Waals surface area contributed by atoms with Gasteiger partial charge in [-0.25, -0.2) is 0 Å². The van der Waals surface area contributed by atoms with E-state index >= 15 is 0 Å². The van der Waals surface area contributed by atoms with E-state index in [0.29, 0.717) is 13.0 Å². The van der Waals surface area contributed by atoms with Crippen LogP contribution >= 0.6 is 0 Å². The molecule has 0 saturated carbocycles. The summed E-state index contributed by atoms with van der Waals surface area (Å²) in [5.41, 5.74) is 2.39. The fourth-order valence-electron chi connectivity index (χ4n) is 1.68. The van der Waals surface area contributed by atoms with Crippen molar-refractivity contribution in [2.45, 2.75) is 26.3 Å². The molecule has 1 aromatic carbocycles. The number of ether oxygens (including phenoxy) is 1. The van der Waals surface area contributed by atoms with Gasteiger partial charge in [-0.1, -0.05) is 19.1 Å². The average molecular weight is 205 g/mol. The molecule has 0 fully saturated rings. The SMILES string of the molecule is CCC(=O)NCc1ccc2c(c1)CCO2. The van der Waals surface area contributed by atoms with Crippen molar-refractivity contribution in [3.05, 3.63) is 29.3 Å². The molecular weight excluding hydrogens is 190 g/mol. The summed E-state index contributed by atoms with van der Waals surface area (Å²) in [6, 6.07) is 6.09. The number of hydrogen-bond acceptors (Lipinski definition) is 2. The van der Waals surface area contributed by atoms with Crippen LogP contribution in [0.5, 0.6) is 5.75 Å². The normalized spacial score (nSPS) is 13.1. The average Bonchev–Trinajstić information content (AvgIpc) is 2.72. The zero-order valence-corrected chi connectivity index (χ0v) is 8.88. The third kappa shape index (κ3) is 2.29. The van der Waals surface area contributed by atoms with Crippen LogP contribution in [-0.2, 0) is 17.8 Å². The standard InChI is InChI=1S/C12H15NO2/c1-2-12(14)13-8-9-3-4-11-10(7-9)5-6-15-11/h3-4,7H,2,5-6,8H2,1H3,(H,13,14). The summed E-state index contributed by atoms with van der Waals surface area (Å²) in [6.45, 7) is 3.24. The van der Waals surface area contributed by atoms with Gasteiger partial charge in [-0.2, -0.15) is 0 Å². The first kappa shape index (κ1) is 10.0. The van der Waals surface area contributed by atoms with Crippen LogP contribution in [-0.4, -0.2) is 12.5 Å². The van der Waals surface area contributed by atoms with Crippen molar-refractivity contribution in [2.24, 2.45) is 0 Å². The molecule has 0 radical (unpaired) electrons. The zero-order chi connectivity index (χ0) is 10.7. The van der Waals surface area contributed by atoms with Gasteiger partial charge in [-0.15, -0.1) is 0 Å². The van der Waals surface area contributed by atoms with Crippen LogP contribution < -0.4 is 10.1 Å². The Kier molecular flexibility index (Phi) is 2.90. The van der Waals surface area contributed by atoms with Gasteiger partial charge in [-0.3, -0.25) is 4.79 Å². The Labute approximate surface area is 89.4 Å². The molecule has 0 bridgehead atoms. The van der Waals surface area contributed by atoms with Gasteiger partial charge in [0.05, 0.1) is 6.61 Å². The molecule has 3 nitrogen and oxygen atoms in total. The number of hydrogen-bond donors (Lipinski definition) is 1. The predicted molar refractivity (Wildman–Crippen MR) is 57.8 cm³/mol. The van der Waals surface area contributed by atoms with Crippen molar-refractivity contribution in [2.75, 3.05) is 6.61 Å². The largest absolute Gasteiger partial charge is 0.493 e. The maximum atomic E-state index is 11.1. The van der Waals surface area contributed by atoms with Crippen molar-refractivity contribution in [1.82, 2.24) is 5.32 Å². The molecule has 3 heteroatoms. The third-order valence-corrected chi connectivity index (χ3v) is 2.56. The summed E-state index contributed by atoms with van der Waals surface area (Å²) in [5.74, 6) is 1.08. The highest BCUT2D eigenvalue weighted by molar-refractivity contribution is 5.75. The van der Waals surface area contributed by atoms with Crippen molar-refractivity contribution >= 4 is 5.91 Å². The fourth-order valence-corrected chi connectivity index (χ4v) is 1.68. The molecule has 0 unspecified atom stereocenters. The quantitative estimate of drug-likeness (QED) is 0.814. The minimum absolute atomic E-state index is 0.0896. The minimum atomic E-state index is 0.0896. The molecule has 1 amide bonds. The number of nitrogens with one attached hydrogen (secondary N) is 1. The van der Waals surface area contributed by atoms with E-state index in [1.807, 2.05) is 19.1 Å². The van der Waals surface area contributed by atoms with E-state index < -0.39 is 0 Å². The molecular formula is C12H15NO2. The summed E-state index contributed by atoms with van der Waals surface area (Å²) in [6.07, 6.45) is 1.51. The Hall–Kier alpha value is -1.51. The molecule has 0 atom stereocenters. The summed E-state index contributed by atoms with van der Waals surface area (Å²) in [7, 11) is 0.